The quantitative estimate of drug-likeness (QED) is 0.468. The first-order valence-electron chi connectivity index (χ1n) is 6.02. The highest BCUT2D eigenvalue weighted by atomic mass is 32.1. The third kappa shape index (κ3) is 6.43. The Morgan fingerprint density at radius 1 is 1.35 bits per heavy atom. The average Bonchev–Trinajstić information content (AvgIpc) is 2.79. The molecule has 0 saturated heterocycles. The number of thiocarbonyl (C=S) groups is 1. The molecule has 1 aliphatic carbocycles. The molecule has 17 heavy (non-hydrogen) atoms. The molecule has 0 radical (unpaired) electrons. The minimum atomic E-state index is -0.0716. The van der Waals surface area contributed by atoms with Gasteiger partial charge in [0.1, 0.15) is 0 Å². The summed E-state index contributed by atoms with van der Waals surface area (Å²) in [6.07, 6.45) is 4.86. The first-order valence-corrected chi connectivity index (χ1v) is 6.43. The fourth-order valence-corrected chi connectivity index (χ4v) is 2.06. The molecule has 6 heteroatoms. The lowest BCUT2D eigenvalue weighted by molar-refractivity contribution is -0.120. The van der Waals surface area contributed by atoms with Crippen LogP contribution in [0.15, 0.2) is 0 Å². The highest BCUT2D eigenvalue weighted by Crippen LogP contribution is 2.17. The second-order valence-electron chi connectivity index (χ2n) is 4.15. The van der Waals surface area contributed by atoms with Crippen molar-refractivity contribution in [1.29, 1.82) is 0 Å². The highest BCUT2D eigenvalue weighted by molar-refractivity contribution is 7.80. The molecule has 98 valence electrons. The van der Waals surface area contributed by atoms with Crippen molar-refractivity contribution in [3.63, 3.8) is 0 Å². The number of hydrogen-bond donors (Lipinski definition) is 3. The Kier molecular flexibility index (Phi) is 6.88. The third-order valence-electron chi connectivity index (χ3n) is 2.73. The lowest BCUT2D eigenvalue weighted by Gasteiger charge is -2.15. The van der Waals surface area contributed by atoms with Gasteiger partial charge in [-0.1, -0.05) is 12.8 Å². The van der Waals surface area contributed by atoms with Gasteiger partial charge < -0.3 is 20.7 Å². The summed E-state index contributed by atoms with van der Waals surface area (Å²) in [5.41, 5.74) is 0. The van der Waals surface area contributed by atoms with E-state index in [4.69, 9.17) is 17.0 Å². The van der Waals surface area contributed by atoms with E-state index in [1.165, 1.54) is 25.7 Å². The molecule has 0 heterocycles. The van der Waals surface area contributed by atoms with Gasteiger partial charge in [0.05, 0.1) is 13.2 Å². The van der Waals surface area contributed by atoms with Crippen LogP contribution in [0.3, 0.4) is 0 Å². The smallest absolute Gasteiger partial charge is 0.239 e. The molecule has 0 bridgehead atoms. The van der Waals surface area contributed by atoms with Crippen LogP contribution < -0.4 is 16.0 Å². The topological polar surface area (TPSA) is 62.4 Å². The molecule has 0 atom stereocenters. The third-order valence-corrected chi connectivity index (χ3v) is 2.99. The Morgan fingerprint density at radius 3 is 2.71 bits per heavy atom. The zero-order chi connectivity index (χ0) is 12.5. The molecule has 1 fully saturated rings. The van der Waals surface area contributed by atoms with E-state index in [0.29, 0.717) is 24.3 Å². The van der Waals surface area contributed by atoms with E-state index >= 15 is 0 Å². The van der Waals surface area contributed by atoms with Gasteiger partial charge in [-0.15, -0.1) is 0 Å². The summed E-state index contributed by atoms with van der Waals surface area (Å²) in [6, 6.07) is 0.478. The molecular weight excluding hydrogens is 238 g/mol. The molecule has 0 aliphatic heterocycles. The van der Waals surface area contributed by atoms with Gasteiger partial charge in [-0.05, 0) is 25.1 Å². The number of carbonyl (C=O) groups excluding carboxylic acids is 1. The van der Waals surface area contributed by atoms with Crippen LogP contribution in [0.1, 0.15) is 25.7 Å². The van der Waals surface area contributed by atoms with Crippen molar-refractivity contribution in [3.05, 3.63) is 0 Å². The summed E-state index contributed by atoms with van der Waals surface area (Å²) < 4.78 is 4.83. The first-order chi connectivity index (χ1) is 8.22. The van der Waals surface area contributed by atoms with Gasteiger partial charge >= 0.3 is 0 Å². The van der Waals surface area contributed by atoms with Crippen molar-refractivity contribution < 1.29 is 9.53 Å². The number of carbonyl (C=O) groups is 1. The highest BCUT2D eigenvalue weighted by Gasteiger charge is 2.15. The van der Waals surface area contributed by atoms with Crippen LogP contribution in [0, 0.1) is 0 Å². The number of nitrogens with one attached hydrogen (secondary N) is 3. The van der Waals surface area contributed by atoms with Crippen molar-refractivity contribution in [2.45, 2.75) is 31.7 Å². The number of ether oxygens (including phenoxy) is 1. The predicted octanol–water partition coefficient (Wildman–Crippen LogP) is 0.156. The largest absolute Gasteiger partial charge is 0.383 e. The molecule has 1 amide bonds. The van der Waals surface area contributed by atoms with Crippen LogP contribution in [-0.2, 0) is 9.53 Å². The predicted molar refractivity (Wildman–Crippen MR) is 70.9 cm³/mol. The normalized spacial score (nSPS) is 15.6. The van der Waals surface area contributed by atoms with Crippen molar-refractivity contribution in [2.75, 3.05) is 26.8 Å². The van der Waals surface area contributed by atoms with E-state index in [1.807, 2.05) is 0 Å². The van der Waals surface area contributed by atoms with Gasteiger partial charge in [-0.25, -0.2) is 0 Å². The second kappa shape index (κ2) is 8.25. The maximum Gasteiger partial charge on any atom is 0.239 e. The molecule has 0 aromatic carbocycles. The van der Waals surface area contributed by atoms with Crippen molar-refractivity contribution in [3.8, 4) is 0 Å². The molecule has 3 N–H and O–H groups in total. The molecule has 5 nitrogen and oxygen atoms in total. The molecular formula is C11H21N3O2S. The lowest BCUT2D eigenvalue weighted by atomic mass is 10.3. The summed E-state index contributed by atoms with van der Waals surface area (Å²) in [6.45, 7) is 1.26. The minimum Gasteiger partial charge on any atom is -0.383 e. The van der Waals surface area contributed by atoms with Gasteiger partial charge in [0.15, 0.2) is 5.11 Å². The minimum absolute atomic E-state index is 0.0716. The number of amides is 1. The Bertz CT molecular complexity index is 255. The zero-order valence-electron chi connectivity index (χ0n) is 10.3. The second-order valence-corrected chi connectivity index (χ2v) is 4.56. The average molecular weight is 259 g/mol. The van der Waals surface area contributed by atoms with Crippen molar-refractivity contribution in [1.82, 2.24) is 16.0 Å². The van der Waals surface area contributed by atoms with E-state index in [2.05, 4.69) is 16.0 Å². The number of hydrogen-bond acceptors (Lipinski definition) is 3. The number of methoxy groups -OCH3 is 1. The fourth-order valence-electron chi connectivity index (χ4n) is 1.82. The van der Waals surface area contributed by atoms with E-state index < -0.39 is 0 Å². The van der Waals surface area contributed by atoms with E-state index in [-0.39, 0.29) is 12.5 Å². The van der Waals surface area contributed by atoms with E-state index in [0.717, 1.165) is 0 Å². The summed E-state index contributed by atoms with van der Waals surface area (Å²) in [7, 11) is 1.60. The van der Waals surface area contributed by atoms with Gasteiger partial charge in [0.25, 0.3) is 0 Å². The summed E-state index contributed by atoms with van der Waals surface area (Å²) >= 11 is 5.12. The molecule has 1 saturated carbocycles. The summed E-state index contributed by atoms with van der Waals surface area (Å²) in [4.78, 5) is 11.3. The molecule has 0 aromatic rings. The zero-order valence-corrected chi connectivity index (χ0v) is 11.1. The first kappa shape index (κ1) is 14.2. The maximum atomic E-state index is 11.3. The van der Waals surface area contributed by atoms with Crippen molar-refractivity contribution in [2.24, 2.45) is 0 Å². The fraction of sp³-hybridized carbons (Fsp3) is 0.818. The van der Waals surface area contributed by atoms with Crippen molar-refractivity contribution >= 4 is 23.2 Å². The Labute approximate surface area is 108 Å². The Morgan fingerprint density at radius 2 is 2.06 bits per heavy atom. The molecule has 0 unspecified atom stereocenters. The van der Waals surface area contributed by atoms with Crippen LogP contribution >= 0.6 is 12.2 Å². The van der Waals surface area contributed by atoms with E-state index in [1.54, 1.807) is 7.11 Å². The molecule has 0 aromatic heterocycles. The lowest BCUT2D eigenvalue weighted by Crippen LogP contribution is -2.45. The van der Waals surface area contributed by atoms with Crippen LogP contribution in [0.5, 0.6) is 0 Å². The van der Waals surface area contributed by atoms with Gasteiger partial charge in [0.2, 0.25) is 5.91 Å². The van der Waals surface area contributed by atoms with Crippen LogP contribution in [-0.4, -0.2) is 43.9 Å². The Balaban J connectivity index is 2.04. The maximum absolute atomic E-state index is 11.3. The molecule has 1 aliphatic rings. The summed E-state index contributed by atoms with van der Waals surface area (Å²) in [5.74, 6) is -0.0716. The van der Waals surface area contributed by atoms with E-state index in [9.17, 15) is 4.79 Å². The molecule has 0 spiro atoms. The van der Waals surface area contributed by atoms with Gasteiger partial charge in [-0.3, -0.25) is 4.79 Å². The van der Waals surface area contributed by atoms with Crippen LogP contribution in [0.2, 0.25) is 0 Å². The monoisotopic (exact) mass is 259 g/mol. The summed E-state index contributed by atoms with van der Waals surface area (Å²) in [5, 5.41) is 9.41. The van der Waals surface area contributed by atoms with Gasteiger partial charge in [0, 0.05) is 19.7 Å². The standard InChI is InChI=1S/C11H21N3O2S/c1-16-7-6-12-10(15)8-13-11(17)14-9-4-2-3-5-9/h9H,2-8H2,1H3,(H,12,15)(H2,13,14,17). The van der Waals surface area contributed by atoms with Crippen LogP contribution in [0.4, 0.5) is 0 Å². The van der Waals surface area contributed by atoms with Gasteiger partial charge in [-0.2, -0.15) is 0 Å². The number of rotatable bonds is 6. The van der Waals surface area contributed by atoms with Crippen LogP contribution in [0.25, 0.3) is 0 Å². The Hall–Kier alpha value is -0.880. The SMILES string of the molecule is COCCNC(=O)CNC(=S)NC1CCCC1. The molecule has 1 rings (SSSR count).